The molecule has 3 nitrogen and oxygen atoms in total. The Hall–Kier alpha value is -1.20. The molecule has 0 amide bonds. The molecule has 0 bridgehead atoms. The van der Waals surface area contributed by atoms with Gasteiger partial charge in [-0.3, -0.25) is 0 Å². The summed E-state index contributed by atoms with van der Waals surface area (Å²) in [5.74, 6) is -0.221. The third-order valence-corrected chi connectivity index (χ3v) is 3.79. The second-order valence-corrected chi connectivity index (χ2v) is 5.48. The fraction of sp³-hybridized carbons (Fsp3) is 0.0769. The Morgan fingerprint density at radius 1 is 0.944 bits per heavy atom. The minimum Gasteiger partial charge on any atom is -0.504 e. The number of hydrogen-bond donors (Lipinski definition) is 3. The molecule has 0 aromatic heterocycles. The van der Waals surface area contributed by atoms with Crippen LogP contribution >= 0.6 is 31.9 Å². The lowest BCUT2D eigenvalue weighted by atomic mass is 10.2. The van der Waals surface area contributed by atoms with Gasteiger partial charge in [-0.15, -0.1) is 0 Å². The summed E-state index contributed by atoms with van der Waals surface area (Å²) >= 11 is 6.93. The van der Waals surface area contributed by atoms with Gasteiger partial charge in [0.15, 0.2) is 11.5 Å². The summed E-state index contributed by atoms with van der Waals surface area (Å²) in [4.78, 5) is 0. The third-order valence-electron chi connectivity index (χ3n) is 2.47. The van der Waals surface area contributed by atoms with Crippen molar-refractivity contribution >= 4 is 37.5 Å². The van der Waals surface area contributed by atoms with E-state index in [1.165, 1.54) is 12.1 Å². The molecule has 0 heterocycles. The van der Waals surface area contributed by atoms with Gasteiger partial charge in [-0.05, 0) is 61.7 Å². The minimum absolute atomic E-state index is 0.110. The van der Waals surface area contributed by atoms with E-state index in [0.717, 1.165) is 20.2 Å². The Balaban J connectivity index is 2.14. The highest BCUT2D eigenvalue weighted by Crippen LogP contribution is 2.31. The molecule has 0 spiro atoms. The second-order valence-electron chi connectivity index (χ2n) is 3.77. The molecule has 0 aliphatic carbocycles. The van der Waals surface area contributed by atoms with Crippen molar-refractivity contribution in [1.29, 1.82) is 0 Å². The number of aromatic hydroxyl groups is 2. The van der Waals surface area contributed by atoms with E-state index in [2.05, 4.69) is 37.2 Å². The fourth-order valence-corrected chi connectivity index (χ4v) is 2.81. The maximum Gasteiger partial charge on any atom is 0.157 e. The van der Waals surface area contributed by atoms with Crippen LogP contribution in [0.2, 0.25) is 0 Å². The Labute approximate surface area is 122 Å². The molecule has 0 saturated carbocycles. The largest absolute Gasteiger partial charge is 0.504 e. The van der Waals surface area contributed by atoms with Crippen molar-refractivity contribution in [1.82, 2.24) is 0 Å². The van der Waals surface area contributed by atoms with Crippen LogP contribution in [0.1, 0.15) is 5.56 Å². The predicted molar refractivity (Wildman–Crippen MR) is 78.9 cm³/mol. The minimum atomic E-state index is -0.111. The summed E-state index contributed by atoms with van der Waals surface area (Å²) in [7, 11) is 0. The zero-order valence-electron chi connectivity index (χ0n) is 9.32. The molecular weight excluding hydrogens is 362 g/mol. The molecule has 0 atom stereocenters. The van der Waals surface area contributed by atoms with Crippen LogP contribution in [0, 0.1) is 0 Å². The first-order valence-corrected chi connectivity index (χ1v) is 6.85. The molecule has 0 fully saturated rings. The standard InChI is InChI=1S/C13H11Br2NO2/c14-9-2-1-3-10(15)13(9)16-7-8-4-5-11(17)12(18)6-8/h1-6,16-18H,7H2. The van der Waals surface area contributed by atoms with Crippen LogP contribution in [0.3, 0.4) is 0 Å². The van der Waals surface area contributed by atoms with E-state index in [9.17, 15) is 10.2 Å². The molecule has 2 aromatic carbocycles. The van der Waals surface area contributed by atoms with Crippen LogP contribution in [-0.2, 0) is 6.54 Å². The average molecular weight is 373 g/mol. The van der Waals surface area contributed by atoms with Gasteiger partial charge in [0.2, 0.25) is 0 Å². The van der Waals surface area contributed by atoms with Gasteiger partial charge in [-0.1, -0.05) is 12.1 Å². The first kappa shape index (κ1) is 13.2. The molecule has 94 valence electrons. The van der Waals surface area contributed by atoms with Gasteiger partial charge in [0.05, 0.1) is 5.69 Å². The quantitative estimate of drug-likeness (QED) is 0.706. The van der Waals surface area contributed by atoms with Crippen molar-refractivity contribution in [3.63, 3.8) is 0 Å². The topological polar surface area (TPSA) is 52.5 Å². The molecule has 0 aliphatic rings. The summed E-state index contributed by atoms with van der Waals surface area (Å²) in [5, 5.41) is 21.9. The van der Waals surface area contributed by atoms with E-state index in [4.69, 9.17) is 0 Å². The maximum absolute atomic E-state index is 9.41. The Bertz CT molecular complexity index is 553. The number of anilines is 1. The second kappa shape index (κ2) is 5.63. The SMILES string of the molecule is Oc1ccc(CNc2c(Br)cccc2Br)cc1O. The molecule has 18 heavy (non-hydrogen) atoms. The van der Waals surface area contributed by atoms with Gasteiger partial charge in [0.25, 0.3) is 0 Å². The van der Waals surface area contributed by atoms with E-state index in [1.54, 1.807) is 6.07 Å². The maximum atomic E-state index is 9.41. The molecular formula is C13H11Br2NO2. The number of benzene rings is 2. The number of phenols is 2. The summed E-state index contributed by atoms with van der Waals surface area (Å²) in [5.41, 5.74) is 1.83. The van der Waals surface area contributed by atoms with Gasteiger partial charge in [0.1, 0.15) is 0 Å². The highest BCUT2D eigenvalue weighted by molar-refractivity contribution is 9.11. The van der Waals surface area contributed by atoms with Gasteiger partial charge >= 0.3 is 0 Å². The van der Waals surface area contributed by atoms with Crippen LogP contribution in [0.4, 0.5) is 5.69 Å². The van der Waals surface area contributed by atoms with Gasteiger partial charge in [-0.25, -0.2) is 0 Å². The molecule has 2 aromatic rings. The van der Waals surface area contributed by atoms with Crippen LogP contribution < -0.4 is 5.32 Å². The van der Waals surface area contributed by atoms with Crippen LogP contribution in [0.25, 0.3) is 0 Å². The number of hydrogen-bond acceptors (Lipinski definition) is 3. The van der Waals surface area contributed by atoms with Crippen molar-refractivity contribution in [2.75, 3.05) is 5.32 Å². The predicted octanol–water partition coefficient (Wildman–Crippen LogP) is 4.23. The summed E-state index contributed by atoms with van der Waals surface area (Å²) in [6, 6.07) is 10.6. The third kappa shape index (κ3) is 2.97. The number of para-hydroxylation sites is 1. The molecule has 3 N–H and O–H groups in total. The monoisotopic (exact) mass is 371 g/mol. The fourth-order valence-electron chi connectivity index (χ4n) is 1.54. The van der Waals surface area contributed by atoms with Crippen LogP contribution in [-0.4, -0.2) is 10.2 Å². The van der Waals surface area contributed by atoms with Crippen LogP contribution in [0.15, 0.2) is 45.3 Å². The van der Waals surface area contributed by atoms with Gasteiger partial charge in [0, 0.05) is 15.5 Å². The molecule has 0 aliphatic heterocycles. The lowest BCUT2D eigenvalue weighted by Gasteiger charge is -2.11. The zero-order chi connectivity index (χ0) is 13.1. The van der Waals surface area contributed by atoms with Crippen molar-refractivity contribution in [2.24, 2.45) is 0 Å². The Kier molecular flexibility index (Phi) is 4.14. The van der Waals surface area contributed by atoms with Crippen molar-refractivity contribution < 1.29 is 10.2 Å². The van der Waals surface area contributed by atoms with E-state index in [1.807, 2.05) is 18.2 Å². The van der Waals surface area contributed by atoms with Gasteiger partial charge in [-0.2, -0.15) is 0 Å². The average Bonchev–Trinajstić information content (AvgIpc) is 2.33. The van der Waals surface area contributed by atoms with E-state index < -0.39 is 0 Å². The number of rotatable bonds is 3. The number of phenolic OH excluding ortho intramolecular Hbond substituents is 2. The summed E-state index contributed by atoms with van der Waals surface area (Å²) in [6.07, 6.45) is 0. The molecule has 0 unspecified atom stereocenters. The Morgan fingerprint density at radius 3 is 2.22 bits per heavy atom. The van der Waals surface area contributed by atoms with E-state index in [-0.39, 0.29) is 11.5 Å². The Morgan fingerprint density at radius 2 is 1.61 bits per heavy atom. The lowest BCUT2D eigenvalue weighted by Crippen LogP contribution is -2.00. The smallest absolute Gasteiger partial charge is 0.157 e. The molecule has 0 radical (unpaired) electrons. The molecule has 0 saturated heterocycles. The lowest BCUT2D eigenvalue weighted by molar-refractivity contribution is 0.403. The van der Waals surface area contributed by atoms with Gasteiger partial charge < -0.3 is 15.5 Å². The summed E-state index contributed by atoms with van der Waals surface area (Å²) < 4.78 is 1.92. The zero-order valence-corrected chi connectivity index (χ0v) is 12.5. The van der Waals surface area contributed by atoms with E-state index in [0.29, 0.717) is 6.54 Å². The van der Waals surface area contributed by atoms with Crippen LogP contribution in [0.5, 0.6) is 11.5 Å². The first-order valence-electron chi connectivity index (χ1n) is 5.26. The van der Waals surface area contributed by atoms with Crippen molar-refractivity contribution in [3.05, 3.63) is 50.9 Å². The molecule has 5 heteroatoms. The summed E-state index contributed by atoms with van der Waals surface area (Å²) in [6.45, 7) is 0.551. The highest BCUT2D eigenvalue weighted by Gasteiger charge is 2.05. The van der Waals surface area contributed by atoms with Crippen molar-refractivity contribution in [3.8, 4) is 11.5 Å². The normalized spacial score (nSPS) is 10.3. The van der Waals surface area contributed by atoms with E-state index >= 15 is 0 Å². The highest BCUT2D eigenvalue weighted by atomic mass is 79.9. The first-order chi connectivity index (χ1) is 8.58. The number of halogens is 2. The van der Waals surface area contributed by atoms with Crippen molar-refractivity contribution in [2.45, 2.75) is 6.54 Å². The molecule has 2 rings (SSSR count). The number of nitrogens with one attached hydrogen (secondary N) is 1.